The smallest absolute Gasteiger partial charge is 0.244 e. The summed E-state index contributed by atoms with van der Waals surface area (Å²) < 4.78 is 17.1. The number of hydrogen-bond donors (Lipinski definition) is 1. The molecular weight excluding hydrogens is 372 g/mol. The van der Waals surface area contributed by atoms with Crippen LogP contribution in [0.4, 0.5) is 0 Å². The highest BCUT2D eigenvalue weighted by Crippen LogP contribution is 2.34. The molecule has 2 unspecified atom stereocenters. The van der Waals surface area contributed by atoms with Crippen LogP contribution in [0.25, 0.3) is 0 Å². The molecule has 0 aliphatic carbocycles. The SMILES string of the molecule is C/C=C/C=C/C(=O)NC(C)C1CN(C(=O)Cc2cccc3c2OCCO3)CCO1. The van der Waals surface area contributed by atoms with Gasteiger partial charge in [0.05, 0.1) is 25.2 Å². The minimum Gasteiger partial charge on any atom is -0.486 e. The number of allylic oxidation sites excluding steroid dienone is 3. The lowest BCUT2D eigenvalue weighted by atomic mass is 10.1. The molecule has 1 aromatic rings. The van der Waals surface area contributed by atoms with Gasteiger partial charge in [0.1, 0.15) is 13.2 Å². The monoisotopic (exact) mass is 400 g/mol. The van der Waals surface area contributed by atoms with Crippen LogP contribution in [0.1, 0.15) is 19.4 Å². The molecule has 2 aliphatic heterocycles. The molecule has 7 heteroatoms. The predicted octanol–water partition coefficient (Wildman–Crippen LogP) is 1.86. The average Bonchev–Trinajstić information content (AvgIpc) is 2.74. The van der Waals surface area contributed by atoms with Gasteiger partial charge in [-0.2, -0.15) is 0 Å². The van der Waals surface area contributed by atoms with Crippen LogP contribution >= 0.6 is 0 Å². The summed E-state index contributed by atoms with van der Waals surface area (Å²) in [7, 11) is 0. The zero-order valence-electron chi connectivity index (χ0n) is 16.9. The van der Waals surface area contributed by atoms with Crippen LogP contribution in [0.5, 0.6) is 11.5 Å². The third-order valence-corrected chi connectivity index (χ3v) is 4.91. The number of fused-ring (bicyclic) bond motifs is 1. The van der Waals surface area contributed by atoms with Crippen LogP contribution in [0.3, 0.4) is 0 Å². The molecule has 29 heavy (non-hydrogen) atoms. The van der Waals surface area contributed by atoms with Gasteiger partial charge in [0.2, 0.25) is 11.8 Å². The second-order valence-electron chi connectivity index (χ2n) is 7.05. The van der Waals surface area contributed by atoms with E-state index in [0.29, 0.717) is 44.4 Å². The Morgan fingerprint density at radius 2 is 2.07 bits per heavy atom. The Morgan fingerprint density at radius 1 is 1.24 bits per heavy atom. The van der Waals surface area contributed by atoms with Gasteiger partial charge in [-0.05, 0) is 19.9 Å². The van der Waals surface area contributed by atoms with Crippen molar-refractivity contribution < 1.29 is 23.8 Å². The number of morpholine rings is 1. The van der Waals surface area contributed by atoms with E-state index in [4.69, 9.17) is 14.2 Å². The first-order valence-electron chi connectivity index (χ1n) is 9.95. The Hall–Kier alpha value is -2.80. The Balaban J connectivity index is 1.57. The van der Waals surface area contributed by atoms with Crippen molar-refractivity contribution in [3.63, 3.8) is 0 Å². The summed E-state index contributed by atoms with van der Waals surface area (Å²) in [5, 5.41) is 2.90. The minimum atomic E-state index is -0.254. The maximum absolute atomic E-state index is 12.9. The lowest BCUT2D eigenvalue weighted by Gasteiger charge is -2.36. The van der Waals surface area contributed by atoms with Crippen LogP contribution in [-0.2, 0) is 20.7 Å². The summed E-state index contributed by atoms with van der Waals surface area (Å²) in [6.45, 7) is 6.18. The van der Waals surface area contributed by atoms with Crippen molar-refractivity contribution >= 4 is 11.8 Å². The Bertz CT molecular complexity index is 789. The highest BCUT2D eigenvalue weighted by Gasteiger charge is 2.29. The number of hydrogen-bond acceptors (Lipinski definition) is 5. The van der Waals surface area contributed by atoms with Crippen LogP contribution in [-0.4, -0.2) is 61.8 Å². The first-order chi connectivity index (χ1) is 14.1. The molecule has 7 nitrogen and oxygen atoms in total. The summed E-state index contributed by atoms with van der Waals surface area (Å²) in [4.78, 5) is 26.6. The van der Waals surface area contributed by atoms with E-state index >= 15 is 0 Å². The maximum atomic E-state index is 12.9. The lowest BCUT2D eigenvalue weighted by Crippen LogP contribution is -2.53. The number of carbonyl (C=O) groups excluding carboxylic acids is 2. The summed E-state index contributed by atoms with van der Waals surface area (Å²) in [6, 6.07) is 5.40. The van der Waals surface area contributed by atoms with Gasteiger partial charge >= 0.3 is 0 Å². The molecule has 0 bridgehead atoms. The van der Waals surface area contributed by atoms with Gasteiger partial charge in [-0.25, -0.2) is 0 Å². The third-order valence-electron chi connectivity index (χ3n) is 4.91. The van der Waals surface area contributed by atoms with Gasteiger partial charge in [0, 0.05) is 24.7 Å². The van der Waals surface area contributed by atoms with Gasteiger partial charge in [-0.1, -0.05) is 30.4 Å². The third kappa shape index (κ3) is 5.60. The molecule has 2 heterocycles. The largest absolute Gasteiger partial charge is 0.486 e. The van der Waals surface area contributed by atoms with Crippen molar-refractivity contribution in [2.45, 2.75) is 32.4 Å². The van der Waals surface area contributed by atoms with Gasteiger partial charge < -0.3 is 24.4 Å². The highest BCUT2D eigenvalue weighted by molar-refractivity contribution is 5.88. The van der Waals surface area contributed by atoms with Crippen molar-refractivity contribution in [1.82, 2.24) is 10.2 Å². The van der Waals surface area contributed by atoms with Crippen molar-refractivity contribution in [2.24, 2.45) is 0 Å². The molecule has 3 rings (SSSR count). The Labute approximate surface area is 171 Å². The van der Waals surface area contributed by atoms with Crippen molar-refractivity contribution in [2.75, 3.05) is 32.9 Å². The van der Waals surface area contributed by atoms with E-state index in [1.165, 1.54) is 6.08 Å². The molecule has 156 valence electrons. The molecular formula is C22H28N2O5. The molecule has 2 amide bonds. The first kappa shape index (κ1) is 20.9. The fourth-order valence-electron chi connectivity index (χ4n) is 3.37. The molecule has 1 saturated heterocycles. The van der Waals surface area contributed by atoms with Gasteiger partial charge in [0.15, 0.2) is 11.5 Å². The van der Waals surface area contributed by atoms with Gasteiger partial charge in [-0.3, -0.25) is 9.59 Å². The van der Waals surface area contributed by atoms with Crippen molar-refractivity contribution in [3.05, 3.63) is 48.1 Å². The molecule has 1 fully saturated rings. The molecule has 0 radical (unpaired) electrons. The van der Waals surface area contributed by atoms with E-state index < -0.39 is 0 Å². The van der Waals surface area contributed by atoms with Crippen LogP contribution in [0, 0.1) is 0 Å². The molecule has 2 atom stereocenters. The molecule has 0 aromatic heterocycles. The number of ether oxygens (including phenoxy) is 3. The number of rotatable bonds is 6. The standard InChI is InChI=1S/C22H28N2O5/c1-3-4-5-9-20(25)23-16(2)19-15-24(10-11-27-19)21(26)14-17-7-6-8-18-22(17)29-13-12-28-18/h3-9,16,19H,10-15H2,1-2H3,(H,23,25)/b4-3+,9-5+. The highest BCUT2D eigenvalue weighted by atomic mass is 16.6. The molecule has 0 saturated carbocycles. The molecule has 0 spiro atoms. The fraction of sp³-hybridized carbons (Fsp3) is 0.455. The van der Waals surface area contributed by atoms with Crippen LogP contribution in [0.15, 0.2) is 42.5 Å². The van der Waals surface area contributed by atoms with Gasteiger partial charge in [0.25, 0.3) is 0 Å². The van der Waals surface area contributed by atoms with E-state index in [2.05, 4.69) is 5.32 Å². The van der Waals surface area contributed by atoms with E-state index in [9.17, 15) is 9.59 Å². The molecule has 1 aromatic carbocycles. The number of amides is 2. The number of nitrogens with one attached hydrogen (secondary N) is 1. The normalized spacial score (nSPS) is 20.1. The van der Waals surface area contributed by atoms with Gasteiger partial charge in [-0.15, -0.1) is 0 Å². The first-order valence-corrected chi connectivity index (χ1v) is 9.95. The average molecular weight is 400 g/mol. The van der Waals surface area contributed by atoms with Crippen LogP contribution < -0.4 is 14.8 Å². The summed E-state index contributed by atoms with van der Waals surface area (Å²) in [5.41, 5.74) is 0.825. The molecule has 2 aliphatic rings. The topological polar surface area (TPSA) is 77.1 Å². The maximum Gasteiger partial charge on any atom is 0.244 e. The molecule has 1 N–H and O–H groups in total. The van der Waals surface area contributed by atoms with E-state index in [-0.39, 0.29) is 30.4 Å². The van der Waals surface area contributed by atoms with Crippen LogP contribution in [0.2, 0.25) is 0 Å². The summed E-state index contributed by atoms with van der Waals surface area (Å²) >= 11 is 0. The minimum absolute atomic E-state index is 0.00683. The lowest BCUT2D eigenvalue weighted by molar-refractivity contribution is -0.139. The van der Waals surface area contributed by atoms with E-state index in [1.807, 2.05) is 38.1 Å². The Kier molecular flexibility index (Phi) is 7.30. The zero-order chi connectivity index (χ0) is 20.6. The van der Waals surface area contributed by atoms with E-state index in [0.717, 1.165) is 5.56 Å². The number of nitrogens with zero attached hydrogens (tertiary/aromatic N) is 1. The number of carbonyl (C=O) groups is 2. The van der Waals surface area contributed by atoms with Crippen molar-refractivity contribution in [3.8, 4) is 11.5 Å². The Morgan fingerprint density at radius 3 is 2.90 bits per heavy atom. The summed E-state index contributed by atoms with van der Waals surface area (Å²) in [5.74, 6) is 1.16. The zero-order valence-corrected chi connectivity index (χ0v) is 16.9. The van der Waals surface area contributed by atoms with E-state index in [1.54, 1.807) is 17.1 Å². The second-order valence-corrected chi connectivity index (χ2v) is 7.05. The predicted molar refractivity (Wildman–Crippen MR) is 109 cm³/mol. The quantitative estimate of drug-likeness (QED) is 0.583. The van der Waals surface area contributed by atoms with Crippen molar-refractivity contribution in [1.29, 1.82) is 0 Å². The summed E-state index contributed by atoms with van der Waals surface area (Å²) in [6.07, 6.45) is 6.79. The fourth-order valence-corrected chi connectivity index (χ4v) is 3.37. The second kappa shape index (κ2) is 10.1. The number of para-hydroxylation sites is 1. The number of benzene rings is 1.